The van der Waals surface area contributed by atoms with Crippen LogP contribution in [0.25, 0.3) is 0 Å². The van der Waals surface area contributed by atoms with Crippen LogP contribution in [-0.2, 0) is 11.3 Å². The Balaban J connectivity index is 1.95. The molecule has 2 aromatic rings. The van der Waals surface area contributed by atoms with E-state index in [1.807, 2.05) is 0 Å². The van der Waals surface area contributed by atoms with Gasteiger partial charge in [0.2, 0.25) is 11.6 Å². The number of nitrogens with zero attached hydrogens (tertiary/aromatic N) is 1. The molecule has 1 heterocycles. The third kappa shape index (κ3) is 5.19. The highest BCUT2D eigenvalue weighted by atomic mass is 19.1. The van der Waals surface area contributed by atoms with Crippen LogP contribution in [-0.4, -0.2) is 16.7 Å². The van der Waals surface area contributed by atoms with Crippen LogP contribution in [0.2, 0.25) is 0 Å². The second-order valence-corrected chi connectivity index (χ2v) is 6.01. The highest BCUT2D eigenvalue weighted by Crippen LogP contribution is 2.26. The van der Waals surface area contributed by atoms with Crippen molar-refractivity contribution in [2.45, 2.75) is 32.9 Å². The monoisotopic (exact) mass is 336 g/mol. The number of halogens is 2. The molecule has 0 radical (unpaired) electrons. The number of ether oxygens (including phenoxy) is 2. The average molecular weight is 336 g/mol. The third-order valence-electron chi connectivity index (χ3n) is 2.76. The standard InChI is InChI=1S/C17H18F2N2O3/c1-17(2,3)24-16(22)21-10-11-7-8-14(20-9-11)23-15-12(18)5-4-6-13(15)19/h4-9H,10H2,1-3H3,(H,21,22). The lowest BCUT2D eigenvalue weighted by molar-refractivity contribution is 0.0523. The zero-order valence-electron chi connectivity index (χ0n) is 13.6. The van der Waals surface area contributed by atoms with Gasteiger partial charge in [-0.3, -0.25) is 0 Å². The van der Waals surface area contributed by atoms with Crippen molar-refractivity contribution in [1.29, 1.82) is 0 Å². The fourth-order valence-electron chi connectivity index (χ4n) is 1.75. The Labute approximate surface area is 138 Å². The number of hydrogen-bond donors (Lipinski definition) is 1. The van der Waals surface area contributed by atoms with Gasteiger partial charge >= 0.3 is 6.09 Å². The lowest BCUT2D eigenvalue weighted by Gasteiger charge is -2.19. The number of rotatable bonds is 4. The number of benzene rings is 1. The van der Waals surface area contributed by atoms with Crippen molar-refractivity contribution >= 4 is 6.09 Å². The molecule has 7 heteroatoms. The topological polar surface area (TPSA) is 60.5 Å². The molecule has 0 saturated heterocycles. The summed E-state index contributed by atoms with van der Waals surface area (Å²) < 4.78 is 37.2. The Morgan fingerprint density at radius 2 is 1.83 bits per heavy atom. The maximum atomic E-state index is 13.5. The van der Waals surface area contributed by atoms with Crippen LogP contribution in [0.1, 0.15) is 26.3 Å². The van der Waals surface area contributed by atoms with Crippen molar-refractivity contribution in [3.05, 3.63) is 53.7 Å². The first-order valence-electron chi connectivity index (χ1n) is 7.28. The summed E-state index contributed by atoms with van der Waals surface area (Å²) in [5.74, 6) is -2.09. The van der Waals surface area contributed by atoms with Gasteiger partial charge in [-0.2, -0.15) is 0 Å². The summed E-state index contributed by atoms with van der Waals surface area (Å²) >= 11 is 0. The predicted molar refractivity (Wildman–Crippen MR) is 83.7 cm³/mol. The lowest BCUT2D eigenvalue weighted by Crippen LogP contribution is -2.32. The number of carbonyl (C=O) groups excluding carboxylic acids is 1. The Hall–Kier alpha value is -2.70. The summed E-state index contributed by atoms with van der Waals surface area (Å²) in [7, 11) is 0. The van der Waals surface area contributed by atoms with Gasteiger partial charge < -0.3 is 14.8 Å². The summed E-state index contributed by atoms with van der Waals surface area (Å²) in [5, 5.41) is 2.58. The molecule has 0 aliphatic heterocycles. The number of pyridine rings is 1. The van der Waals surface area contributed by atoms with E-state index in [1.54, 1.807) is 26.8 Å². The molecule has 1 aromatic heterocycles. The smallest absolute Gasteiger partial charge is 0.407 e. The largest absolute Gasteiger partial charge is 0.444 e. The number of aromatic nitrogens is 1. The molecule has 0 fully saturated rings. The Morgan fingerprint density at radius 3 is 2.38 bits per heavy atom. The number of amides is 1. The van der Waals surface area contributed by atoms with E-state index in [1.165, 1.54) is 18.3 Å². The highest BCUT2D eigenvalue weighted by molar-refractivity contribution is 5.67. The fraction of sp³-hybridized carbons (Fsp3) is 0.294. The summed E-state index contributed by atoms with van der Waals surface area (Å²) in [6.07, 6.45) is 0.891. The summed E-state index contributed by atoms with van der Waals surface area (Å²) in [6, 6.07) is 6.52. The molecule has 24 heavy (non-hydrogen) atoms. The van der Waals surface area contributed by atoms with E-state index in [0.29, 0.717) is 5.56 Å². The normalized spacial score (nSPS) is 11.0. The molecule has 128 valence electrons. The Bertz CT molecular complexity index is 693. The summed E-state index contributed by atoms with van der Waals surface area (Å²) in [6.45, 7) is 5.50. The zero-order chi connectivity index (χ0) is 17.7. The molecule has 0 atom stereocenters. The van der Waals surface area contributed by atoms with Crippen molar-refractivity contribution in [1.82, 2.24) is 10.3 Å². The van der Waals surface area contributed by atoms with Gasteiger partial charge in [0, 0.05) is 18.8 Å². The minimum absolute atomic E-state index is 0.0417. The number of para-hydroxylation sites is 1. The summed E-state index contributed by atoms with van der Waals surface area (Å²) in [5.41, 5.74) is 0.103. The van der Waals surface area contributed by atoms with Crippen LogP contribution < -0.4 is 10.1 Å². The van der Waals surface area contributed by atoms with E-state index in [9.17, 15) is 13.6 Å². The minimum atomic E-state index is -0.813. The SMILES string of the molecule is CC(C)(C)OC(=O)NCc1ccc(Oc2c(F)cccc2F)nc1. The predicted octanol–water partition coefficient (Wildman–Crippen LogP) is 4.18. The van der Waals surface area contributed by atoms with Gasteiger partial charge in [0.15, 0.2) is 11.6 Å². The molecular formula is C17H18F2N2O3. The number of carbonyl (C=O) groups is 1. The van der Waals surface area contributed by atoms with E-state index in [-0.39, 0.29) is 12.4 Å². The molecule has 0 aliphatic rings. The van der Waals surface area contributed by atoms with Gasteiger partial charge in [-0.25, -0.2) is 18.6 Å². The van der Waals surface area contributed by atoms with Crippen molar-refractivity contribution in [2.24, 2.45) is 0 Å². The van der Waals surface area contributed by atoms with Crippen molar-refractivity contribution in [3.8, 4) is 11.6 Å². The van der Waals surface area contributed by atoms with E-state index in [4.69, 9.17) is 9.47 Å². The first-order chi connectivity index (χ1) is 11.2. The van der Waals surface area contributed by atoms with Gasteiger partial charge in [0.05, 0.1) is 0 Å². The van der Waals surface area contributed by atoms with Crippen LogP contribution in [0.5, 0.6) is 11.6 Å². The second-order valence-electron chi connectivity index (χ2n) is 6.01. The molecule has 0 saturated carbocycles. The van der Waals surface area contributed by atoms with Crippen LogP contribution in [0.3, 0.4) is 0 Å². The van der Waals surface area contributed by atoms with Crippen LogP contribution >= 0.6 is 0 Å². The number of alkyl carbamates (subject to hydrolysis) is 1. The van der Waals surface area contributed by atoms with Crippen LogP contribution in [0.4, 0.5) is 13.6 Å². The van der Waals surface area contributed by atoms with Gasteiger partial charge in [-0.05, 0) is 38.5 Å². The van der Waals surface area contributed by atoms with Gasteiger partial charge in [0.1, 0.15) is 5.60 Å². The van der Waals surface area contributed by atoms with Gasteiger partial charge in [-0.1, -0.05) is 12.1 Å². The first-order valence-corrected chi connectivity index (χ1v) is 7.28. The maximum absolute atomic E-state index is 13.5. The summed E-state index contributed by atoms with van der Waals surface area (Å²) in [4.78, 5) is 15.5. The van der Waals surface area contributed by atoms with Crippen molar-refractivity contribution in [2.75, 3.05) is 0 Å². The van der Waals surface area contributed by atoms with Crippen LogP contribution in [0, 0.1) is 11.6 Å². The second kappa shape index (κ2) is 7.25. The highest BCUT2D eigenvalue weighted by Gasteiger charge is 2.16. The molecule has 0 bridgehead atoms. The molecule has 0 aliphatic carbocycles. The van der Waals surface area contributed by atoms with Gasteiger partial charge in [0.25, 0.3) is 0 Å². The van der Waals surface area contributed by atoms with E-state index in [2.05, 4.69) is 10.3 Å². The number of hydrogen-bond acceptors (Lipinski definition) is 4. The molecule has 2 rings (SSSR count). The minimum Gasteiger partial charge on any atom is -0.444 e. The maximum Gasteiger partial charge on any atom is 0.407 e. The molecule has 0 unspecified atom stereocenters. The molecular weight excluding hydrogens is 318 g/mol. The van der Waals surface area contributed by atoms with Crippen molar-refractivity contribution < 1.29 is 23.0 Å². The first kappa shape index (κ1) is 17.7. The molecule has 5 nitrogen and oxygen atoms in total. The number of nitrogens with one attached hydrogen (secondary N) is 1. The molecule has 1 N–H and O–H groups in total. The molecule has 1 aromatic carbocycles. The quantitative estimate of drug-likeness (QED) is 0.910. The van der Waals surface area contributed by atoms with E-state index < -0.39 is 29.1 Å². The Morgan fingerprint density at radius 1 is 1.17 bits per heavy atom. The van der Waals surface area contributed by atoms with Crippen LogP contribution in [0.15, 0.2) is 36.5 Å². The average Bonchev–Trinajstić information content (AvgIpc) is 2.48. The third-order valence-corrected chi connectivity index (χ3v) is 2.76. The Kier molecular flexibility index (Phi) is 5.33. The van der Waals surface area contributed by atoms with E-state index in [0.717, 1.165) is 12.1 Å². The lowest BCUT2D eigenvalue weighted by atomic mass is 10.2. The zero-order valence-corrected chi connectivity index (χ0v) is 13.6. The molecule has 0 spiro atoms. The van der Waals surface area contributed by atoms with E-state index >= 15 is 0 Å². The fourth-order valence-corrected chi connectivity index (χ4v) is 1.75. The van der Waals surface area contributed by atoms with Crippen molar-refractivity contribution in [3.63, 3.8) is 0 Å². The molecule has 1 amide bonds. The van der Waals surface area contributed by atoms with Gasteiger partial charge in [-0.15, -0.1) is 0 Å².